The molecule has 1 heterocycles. The van der Waals surface area contributed by atoms with Gasteiger partial charge in [0.1, 0.15) is 12.7 Å². The van der Waals surface area contributed by atoms with E-state index in [4.69, 9.17) is 4.74 Å². The van der Waals surface area contributed by atoms with Crippen LogP contribution in [0.5, 0.6) is 0 Å². The first-order valence-corrected chi connectivity index (χ1v) is 3.51. The van der Waals surface area contributed by atoms with Crippen LogP contribution in [0.3, 0.4) is 0 Å². The summed E-state index contributed by atoms with van der Waals surface area (Å²) in [5.74, 6) is -0.546. The molecule has 1 rings (SSSR count). The lowest BCUT2D eigenvalue weighted by molar-refractivity contribution is -0.151. The van der Waals surface area contributed by atoms with Crippen molar-refractivity contribution in [2.45, 2.75) is 25.9 Å². The highest BCUT2D eigenvalue weighted by atomic mass is 16.6. The Morgan fingerprint density at radius 3 is 3.00 bits per heavy atom. The molecular weight excluding hydrogens is 148 g/mol. The van der Waals surface area contributed by atoms with Gasteiger partial charge >= 0.3 is 11.9 Å². The number of ether oxygens (including phenoxy) is 2. The Kier molecular flexibility index (Phi) is 2.46. The maximum atomic E-state index is 10.5. The van der Waals surface area contributed by atoms with Crippen molar-refractivity contribution in [3.05, 3.63) is 0 Å². The van der Waals surface area contributed by atoms with Crippen LogP contribution >= 0.6 is 0 Å². The number of cyclic esters (lactones) is 1. The van der Waals surface area contributed by atoms with Crippen LogP contribution in [-0.4, -0.2) is 24.6 Å². The Hall–Kier alpha value is -1.06. The molecule has 0 aliphatic carbocycles. The fraction of sp³-hybridized carbons (Fsp3) is 0.714. The molecule has 11 heavy (non-hydrogen) atoms. The topological polar surface area (TPSA) is 52.6 Å². The second-order valence-corrected chi connectivity index (χ2v) is 2.45. The molecule has 1 saturated heterocycles. The van der Waals surface area contributed by atoms with Gasteiger partial charge in [0.25, 0.3) is 0 Å². The second-order valence-electron chi connectivity index (χ2n) is 2.45. The van der Waals surface area contributed by atoms with Gasteiger partial charge in [-0.15, -0.1) is 0 Å². The molecular formula is C7H10O4. The zero-order valence-electron chi connectivity index (χ0n) is 6.33. The number of esters is 2. The minimum atomic E-state index is -0.340. The van der Waals surface area contributed by atoms with Gasteiger partial charge in [-0.1, -0.05) is 0 Å². The zero-order chi connectivity index (χ0) is 8.27. The van der Waals surface area contributed by atoms with E-state index in [2.05, 4.69) is 4.74 Å². The average molecular weight is 158 g/mol. The number of carbonyl (C=O) groups is 2. The summed E-state index contributed by atoms with van der Waals surface area (Å²) in [5.41, 5.74) is 0. The predicted octanol–water partition coefficient (Wildman–Crippen LogP) is 0.255. The normalized spacial score (nSPS) is 23.0. The Bertz CT molecular complexity index is 175. The van der Waals surface area contributed by atoms with Crippen molar-refractivity contribution in [2.24, 2.45) is 0 Å². The van der Waals surface area contributed by atoms with E-state index >= 15 is 0 Å². The van der Waals surface area contributed by atoms with Crippen LogP contribution in [0.15, 0.2) is 0 Å². The Labute approximate surface area is 64.5 Å². The summed E-state index contributed by atoms with van der Waals surface area (Å²) in [6.07, 6.45) is 0.879. The van der Waals surface area contributed by atoms with Gasteiger partial charge in [-0.3, -0.25) is 9.59 Å². The number of carbonyl (C=O) groups excluding carboxylic acids is 2. The second kappa shape index (κ2) is 3.37. The van der Waals surface area contributed by atoms with Gasteiger partial charge in [0.2, 0.25) is 0 Å². The third-order valence-electron chi connectivity index (χ3n) is 1.44. The molecule has 4 heteroatoms. The lowest BCUT2D eigenvalue weighted by Gasteiger charge is -2.07. The molecule has 0 spiro atoms. The van der Waals surface area contributed by atoms with Gasteiger partial charge in [-0.25, -0.2) is 0 Å². The Morgan fingerprint density at radius 1 is 1.82 bits per heavy atom. The van der Waals surface area contributed by atoms with Gasteiger partial charge in [0.05, 0.1) is 0 Å². The summed E-state index contributed by atoms with van der Waals surface area (Å²) >= 11 is 0. The summed E-state index contributed by atoms with van der Waals surface area (Å²) in [4.78, 5) is 20.9. The fourth-order valence-electron chi connectivity index (χ4n) is 0.910. The molecule has 4 nitrogen and oxygen atoms in total. The standard InChI is InChI=1S/C7H10O4/c1-5(8)10-4-6-2-3-7(9)11-6/h6H,2-4H2,1H3/t6-/m1/s1. The highest BCUT2D eigenvalue weighted by molar-refractivity contribution is 5.71. The summed E-state index contributed by atoms with van der Waals surface area (Å²) in [6, 6.07) is 0. The summed E-state index contributed by atoms with van der Waals surface area (Å²) in [7, 11) is 0. The lowest BCUT2D eigenvalue weighted by Crippen LogP contribution is -2.16. The molecule has 1 aliphatic rings. The van der Waals surface area contributed by atoms with Gasteiger partial charge < -0.3 is 9.47 Å². The van der Waals surface area contributed by atoms with Crippen molar-refractivity contribution in [2.75, 3.05) is 6.61 Å². The highest BCUT2D eigenvalue weighted by Gasteiger charge is 2.23. The third kappa shape index (κ3) is 2.57. The molecule has 0 unspecified atom stereocenters. The van der Waals surface area contributed by atoms with Crippen LogP contribution in [-0.2, 0) is 19.1 Å². The Morgan fingerprint density at radius 2 is 2.55 bits per heavy atom. The minimum absolute atomic E-state index is 0.196. The summed E-state index contributed by atoms with van der Waals surface area (Å²) < 4.78 is 9.45. The largest absolute Gasteiger partial charge is 0.462 e. The molecule has 0 radical (unpaired) electrons. The predicted molar refractivity (Wildman–Crippen MR) is 35.7 cm³/mol. The van der Waals surface area contributed by atoms with Gasteiger partial charge in [0, 0.05) is 13.3 Å². The fourth-order valence-corrected chi connectivity index (χ4v) is 0.910. The maximum Gasteiger partial charge on any atom is 0.306 e. The zero-order valence-corrected chi connectivity index (χ0v) is 6.33. The van der Waals surface area contributed by atoms with Crippen molar-refractivity contribution >= 4 is 11.9 Å². The molecule has 1 fully saturated rings. The van der Waals surface area contributed by atoms with E-state index in [-0.39, 0.29) is 24.6 Å². The molecule has 0 aromatic carbocycles. The minimum Gasteiger partial charge on any atom is -0.462 e. The Balaban J connectivity index is 2.18. The van der Waals surface area contributed by atoms with Crippen molar-refractivity contribution in [3.63, 3.8) is 0 Å². The lowest BCUT2D eigenvalue weighted by atomic mass is 10.2. The van der Waals surface area contributed by atoms with Crippen LogP contribution < -0.4 is 0 Å². The maximum absolute atomic E-state index is 10.5. The molecule has 0 aromatic rings. The molecule has 0 bridgehead atoms. The number of rotatable bonds is 2. The first kappa shape index (κ1) is 8.04. The van der Waals surface area contributed by atoms with E-state index in [0.29, 0.717) is 12.8 Å². The number of hydrogen-bond acceptors (Lipinski definition) is 4. The summed E-state index contributed by atoms with van der Waals surface area (Å²) in [5, 5.41) is 0. The van der Waals surface area contributed by atoms with Gasteiger partial charge in [0.15, 0.2) is 0 Å². The molecule has 1 atom stereocenters. The monoisotopic (exact) mass is 158 g/mol. The van der Waals surface area contributed by atoms with E-state index in [9.17, 15) is 9.59 Å². The quantitative estimate of drug-likeness (QED) is 0.541. The van der Waals surface area contributed by atoms with Crippen LogP contribution in [0.25, 0.3) is 0 Å². The number of hydrogen-bond donors (Lipinski definition) is 0. The molecule has 0 aromatic heterocycles. The van der Waals surface area contributed by atoms with Gasteiger partial charge in [-0.05, 0) is 6.42 Å². The average Bonchev–Trinajstić information content (AvgIpc) is 2.31. The van der Waals surface area contributed by atoms with E-state index in [1.54, 1.807) is 0 Å². The SMILES string of the molecule is CC(=O)OC[C@H]1CCC(=O)O1. The molecule has 0 N–H and O–H groups in total. The molecule has 62 valence electrons. The van der Waals surface area contributed by atoms with E-state index in [1.807, 2.05) is 0 Å². The van der Waals surface area contributed by atoms with Crippen molar-refractivity contribution < 1.29 is 19.1 Å². The van der Waals surface area contributed by atoms with Crippen LogP contribution in [0.2, 0.25) is 0 Å². The van der Waals surface area contributed by atoms with E-state index in [0.717, 1.165) is 0 Å². The highest BCUT2D eigenvalue weighted by Crippen LogP contribution is 2.13. The summed E-state index contributed by atoms with van der Waals surface area (Å²) in [6.45, 7) is 1.53. The van der Waals surface area contributed by atoms with Crippen LogP contribution in [0, 0.1) is 0 Å². The van der Waals surface area contributed by atoms with Crippen molar-refractivity contribution in [1.29, 1.82) is 0 Å². The van der Waals surface area contributed by atoms with E-state index in [1.165, 1.54) is 6.92 Å². The smallest absolute Gasteiger partial charge is 0.306 e. The first-order valence-electron chi connectivity index (χ1n) is 3.51. The van der Waals surface area contributed by atoms with Crippen LogP contribution in [0.4, 0.5) is 0 Å². The third-order valence-corrected chi connectivity index (χ3v) is 1.44. The molecule has 0 saturated carbocycles. The molecule has 1 aliphatic heterocycles. The first-order chi connectivity index (χ1) is 5.18. The molecule has 0 amide bonds. The van der Waals surface area contributed by atoms with Gasteiger partial charge in [-0.2, -0.15) is 0 Å². The van der Waals surface area contributed by atoms with Crippen LogP contribution in [0.1, 0.15) is 19.8 Å². The van der Waals surface area contributed by atoms with Crippen molar-refractivity contribution in [3.8, 4) is 0 Å². The van der Waals surface area contributed by atoms with Crippen molar-refractivity contribution in [1.82, 2.24) is 0 Å². The van der Waals surface area contributed by atoms with E-state index < -0.39 is 0 Å².